The van der Waals surface area contributed by atoms with E-state index in [0.29, 0.717) is 12.1 Å². The number of hydrogen-bond donors (Lipinski definition) is 2. The van der Waals surface area contributed by atoms with Crippen LogP contribution >= 0.6 is 0 Å². The molecule has 0 saturated heterocycles. The lowest BCUT2D eigenvalue weighted by molar-refractivity contribution is 0.254. The number of benzene rings is 2. The number of fused-ring (bicyclic) bond motifs is 1. The zero-order valence-electron chi connectivity index (χ0n) is 14.2. The molecule has 0 spiro atoms. The highest BCUT2D eigenvalue weighted by Crippen LogP contribution is 2.32. The molecule has 4 rings (SSSR count). The molecule has 24 heavy (non-hydrogen) atoms. The first-order chi connectivity index (χ1) is 11.7. The van der Waals surface area contributed by atoms with Gasteiger partial charge in [-0.1, -0.05) is 30.3 Å². The van der Waals surface area contributed by atoms with Gasteiger partial charge in [0, 0.05) is 19.0 Å². The molecule has 2 atom stereocenters. The Morgan fingerprint density at radius 2 is 1.92 bits per heavy atom. The molecule has 124 valence electrons. The summed E-state index contributed by atoms with van der Waals surface area (Å²) in [5, 5.41) is 6.66. The molecule has 2 N–H and O–H groups in total. The first-order valence-corrected chi connectivity index (χ1v) is 8.61. The maximum absolute atomic E-state index is 5.78. The highest BCUT2D eigenvalue weighted by molar-refractivity contribution is 5.81. The van der Waals surface area contributed by atoms with Crippen molar-refractivity contribution >= 4 is 5.96 Å². The van der Waals surface area contributed by atoms with Crippen molar-refractivity contribution in [2.75, 3.05) is 6.54 Å². The second-order valence-corrected chi connectivity index (χ2v) is 6.74. The van der Waals surface area contributed by atoms with Crippen LogP contribution in [0.3, 0.4) is 0 Å². The van der Waals surface area contributed by atoms with Crippen LogP contribution in [0.25, 0.3) is 11.1 Å². The molecule has 2 aromatic rings. The van der Waals surface area contributed by atoms with Gasteiger partial charge in [-0.3, -0.25) is 4.99 Å². The fourth-order valence-electron chi connectivity index (χ4n) is 3.26. The maximum Gasteiger partial charge on any atom is 0.191 e. The van der Waals surface area contributed by atoms with Crippen molar-refractivity contribution in [2.45, 2.75) is 39.0 Å². The normalized spacial score (nSPS) is 21.7. The highest BCUT2D eigenvalue weighted by atomic mass is 16.5. The standard InChI is InChI=1S/C20H23N3O/c1-13-11-21-20(23-13)22-12-15-3-5-16(6-4-15)17-7-8-19-18(10-17)9-14(2)24-19/h3-8,10,13-14H,9,11-12H2,1-2H3,(H2,21,22,23). The first kappa shape index (κ1) is 15.1. The van der Waals surface area contributed by atoms with E-state index >= 15 is 0 Å². The molecule has 0 radical (unpaired) electrons. The second-order valence-electron chi connectivity index (χ2n) is 6.74. The molecular formula is C20H23N3O. The van der Waals surface area contributed by atoms with Crippen molar-refractivity contribution < 1.29 is 4.74 Å². The molecule has 2 aliphatic heterocycles. The van der Waals surface area contributed by atoms with Gasteiger partial charge in [0.25, 0.3) is 0 Å². The van der Waals surface area contributed by atoms with Crippen molar-refractivity contribution in [2.24, 2.45) is 4.99 Å². The van der Waals surface area contributed by atoms with Gasteiger partial charge in [0.05, 0.1) is 6.54 Å². The summed E-state index contributed by atoms with van der Waals surface area (Å²) in [6.45, 7) is 5.89. The monoisotopic (exact) mass is 321 g/mol. The van der Waals surface area contributed by atoms with E-state index < -0.39 is 0 Å². The molecule has 4 nitrogen and oxygen atoms in total. The number of guanidine groups is 1. The first-order valence-electron chi connectivity index (χ1n) is 8.61. The average molecular weight is 321 g/mol. The summed E-state index contributed by atoms with van der Waals surface area (Å²) in [6.07, 6.45) is 1.29. The third-order valence-corrected chi connectivity index (χ3v) is 4.55. The van der Waals surface area contributed by atoms with E-state index in [1.165, 1.54) is 22.3 Å². The van der Waals surface area contributed by atoms with Crippen LogP contribution in [0, 0.1) is 0 Å². The Labute approximate surface area is 143 Å². The average Bonchev–Trinajstić information content (AvgIpc) is 3.17. The molecule has 0 amide bonds. The topological polar surface area (TPSA) is 45.7 Å². The van der Waals surface area contributed by atoms with Gasteiger partial charge in [-0.25, -0.2) is 0 Å². The Morgan fingerprint density at radius 3 is 2.67 bits per heavy atom. The molecule has 0 bridgehead atoms. The van der Waals surface area contributed by atoms with Gasteiger partial charge in [0.1, 0.15) is 11.9 Å². The van der Waals surface area contributed by atoms with Crippen LogP contribution in [0.4, 0.5) is 0 Å². The lowest BCUT2D eigenvalue weighted by Gasteiger charge is -2.10. The number of nitrogens with zero attached hydrogens (tertiary/aromatic N) is 1. The van der Waals surface area contributed by atoms with Gasteiger partial charge < -0.3 is 15.4 Å². The lowest BCUT2D eigenvalue weighted by atomic mass is 10.00. The quantitative estimate of drug-likeness (QED) is 0.913. The largest absolute Gasteiger partial charge is 0.490 e. The highest BCUT2D eigenvalue weighted by Gasteiger charge is 2.19. The van der Waals surface area contributed by atoms with Crippen LogP contribution in [0.2, 0.25) is 0 Å². The molecule has 0 fully saturated rings. The van der Waals surface area contributed by atoms with Gasteiger partial charge in [0.15, 0.2) is 5.96 Å². The molecule has 2 unspecified atom stereocenters. The Bertz CT molecular complexity index is 767. The molecule has 2 aliphatic rings. The van der Waals surface area contributed by atoms with E-state index in [1.807, 2.05) is 0 Å². The number of ether oxygens (including phenoxy) is 1. The zero-order valence-corrected chi connectivity index (χ0v) is 14.2. The second kappa shape index (κ2) is 6.19. The summed E-state index contributed by atoms with van der Waals surface area (Å²) in [7, 11) is 0. The molecule has 0 aromatic heterocycles. The van der Waals surface area contributed by atoms with Crippen LogP contribution in [0.5, 0.6) is 5.75 Å². The van der Waals surface area contributed by atoms with Crippen molar-refractivity contribution in [3.8, 4) is 16.9 Å². The number of aliphatic imine (C=N–C) groups is 1. The minimum Gasteiger partial charge on any atom is -0.490 e. The van der Waals surface area contributed by atoms with Crippen LogP contribution in [-0.2, 0) is 13.0 Å². The minimum atomic E-state index is 0.290. The van der Waals surface area contributed by atoms with Crippen molar-refractivity contribution in [1.29, 1.82) is 0 Å². The Morgan fingerprint density at radius 1 is 1.12 bits per heavy atom. The minimum absolute atomic E-state index is 0.290. The summed E-state index contributed by atoms with van der Waals surface area (Å²) >= 11 is 0. The lowest BCUT2D eigenvalue weighted by Crippen LogP contribution is -2.37. The van der Waals surface area contributed by atoms with Gasteiger partial charge >= 0.3 is 0 Å². The molecule has 2 aromatic carbocycles. The van der Waals surface area contributed by atoms with Crippen molar-refractivity contribution in [3.05, 3.63) is 53.6 Å². The number of nitrogens with one attached hydrogen (secondary N) is 2. The van der Waals surface area contributed by atoms with Gasteiger partial charge in [-0.05, 0) is 48.2 Å². The summed E-state index contributed by atoms with van der Waals surface area (Å²) in [5.74, 6) is 1.94. The van der Waals surface area contributed by atoms with Crippen molar-refractivity contribution in [1.82, 2.24) is 10.6 Å². The van der Waals surface area contributed by atoms with E-state index in [-0.39, 0.29) is 0 Å². The van der Waals surface area contributed by atoms with Gasteiger partial charge in [0.2, 0.25) is 0 Å². The third-order valence-electron chi connectivity index (χ3n) is 4.55. The van der Waals surface area contributed by atoms with Crippen LogP contribution in [0.15, 0.2) is 47.5 Å². The number of hydrogen-bond acceptors (Lipinski definition) is 4. The maximum atomic E-state index is 5.78. The Hall–Kier alpha value is -2.49. The van der Waals surface area contributed by atoms with Crippen LogP contribution < -0.4 is 15.4 Å². The molecule has 2 heterocycles. The third kappa shape index (κ3) is 3.09. The fraction of sp³-hybridized carbons (Fsp3) is 0.350. The van der Waals surface area contributed by atoms with Crippen LogP contribution in [0.1, 0.15) is 25.0 Å². The van der Waals surface area contributed by atoms with Crippen molar-refractivity contribution in [3.63, 3.8) is 0 Å². The number of rotatable bonds is 3. The summed E-state index contributed by atoms with van der Waals surface area (Å²) in [5.41, 5.74) is 5.05. The Kier molecular flexibility index (Phi) is 3.89. The van der Waals surface area contributed by atoms with E-state index in [0.717, 1.165) is 31.2 Å². The van der Waals surface area contributed by atoms with E-state index in [2.05, 4.69) is 71.9 Å². The molecule has 4 heteroatoms. The SMILES string of the molecule is CC1CN=C(NCc2ccc(-c3ccc4c(c3)CC(C)O4)cc2)N1. The van der Waals surface area contributed by atoms with E-state index in [4.69, 9.17) is 4.74 Å². The van der Waals surface area contributed by atoms with Gasteiger partial charge in [-0.15, -0.1) is 0 Å². The van der Waals surface area contributed by atoms with Gasteiger partial charge in [-0.2, -0.15) is 0 Å². The van der Waals surface area contributed by atoms with E-state index in [9.17, 15) is 0 Å². The molecule has 0 saturated carbocycles. The summed E-state index contributed by atoms with van der Waals surface area (Å²) in [6, 6.07) is 15.6. The Balaban J connectivity index is 1.43. The fourth-order valence-corrected chi connectivity index (χ4v) is 3.26. The smallest absolute Gasteiger partial charge is 0.191 e. The summed E-state index contributed by atoms with van der Waals surface area (Å²) in [4.78, 5) is 4.42. The van der Waals surface area contributed by atoms with E-state index in [1.54, 1.807) is 0 Å². The zero-order chi connectivity index (χ0) is 16.5. The summed E-state index contributed by atoms with van der Waals surface area (Å²) < 4.78 is 5.78. The van der Waals surface area contributed by atoms with Crippen LogP contribution in [-0.4, -0.2) is 24.7 Å². The predicted molar refractivity (Wildman–Crippen MR) is 97.4 cm³/mol. The molecule has 0 aliphatic carbocycles. The predicted octanol–water partition coefficient (Wildman–Crippen LogP) is 3.11. The molecular weight excluding hydrogens is 298 g/mol.